The van der Waals surface area contributed by atoms with Gasteiger partial charge in [-0.1, -0.05) is 65.0 Å². The molecule has 0 aliphatic rings. The van der Waals surface area contributed by atoms with E-state index in [0.717, 1.165) is 5.92 Å². The van der Waals surface area contributed by atoms with Crippen LogP contribution in [-0.2, 0) is 0 Å². The number of hydrogen-bond donors (Lipinski definition) is 0. The Morgan fingerprint density at radius 3 is 2.45 bits per heavy atom. The van der Waals surface area contributed by atoms with Gasteiger partial charge in [0.25, 0.3) is 0 Å². The highest BCUT2D eigenvalue weighted by Gasteiger charge is 2.00. The zero-order chi connectivity index (χ0) is 8.53. The van der Waals surface area contributed by atoms with Crippen LogP contribution >= 0.6 is 0 Å². The van der Waals surface area contributed by atoms with E-state index in [0.29, 0.717) is 0 Å². The first-order valence-electron chi connectivity index (χ1n) is 5.12. The molecule has 1 atom stereocenters. The summed E-state index contributed by atoms with van der Waals surface area (Å²) in [4.78, 5) is 0. The standard InChI is InChI=1S/C10H22B/c1-4-6-7-8-10(3)9-11-5-2/h10H,4-9H2,1-3H3. The zero-order valence-electron chi connectivity index (χ0n) is 8.40. The van der Waals surface area contributed by atoms with Crippen LogP contribution in [0, 0.1) is 5.92 Å². The maximum Gasteiger partial charge on any atom is 0.109 e. The normalized spacial score (nSPS) is 13.0. The summed E-state index contributed by atoms with van der Waals surface area (Å²) in [6.07, 6.45) is 8.17. The van der Waals surface area contributed by atoms with Gasteiger partial charge in [-0.05, 0) is 0 Å². The molecular formula is C10H22B. The third-order valence-corrected chi connectivity index (χ3v) is 2.16. The number of hydrogen-bond acceptors (Lipinski definition) is 0. The van der Waals surface area contributed by atoms with Crippen molar-refractivity contribution >= 4 is 7.28 Å². The maximum absolute atomic E-state index is 2.40. The molecule has 0 rings (SSSR count). The molecule has 0 bridgehead atoms. The van der Waals surface area contributed by atoms with E-state index < -0.39 is 0 Å². The lowest BCUT2D eigenvalue weighted by atomic mass is 9.67. The quantitative estimate of drug-likeness (QED) is 0.385. The first-order valence-corrected chi connectivity index (χ1v) is 5.12. The minimum atomic E-state index is 0.918. The molecule has 1 unspecified atom stereocenters. The second-order valence-corrected chi connectivity index (χ2v) is 3.53. The van der Waals surface area contributed by atoms with E-state index in [9.17, 15) is 0 Å². The molecule has 0 heterocycles. The van der Waals surface area contributed by atoms with Gasteiger partial charge in [-0.3, -0.25) is 0 Å². The molecule has 0 aliphatic heterocycles. The molecule has 0 aliphatic carbocycles. The van der Waals surface area contributed by atoms with Gasteiger partial charge in [-0.15, -0.1) is 0 Å². The first-order chi connectivity index (χ1) is 5.31. The van der Waals surface area contributed by atoms with Crippen molar-refractivity contribution in [2.24, 2.45) is 5.92 Å². The van der Waals surface area contributed by atoms with Crippen LogP contribution in [0.2, 0.25) is 12.6 Å². The van der Waals surface area contributed by atoms with Crippen molar-refractivity contribution < 1.29 is 0 Å². The molecule has 0 saturated heterocycles. The molecule has 0 fully saturated rings. The molecule has 0 spiro atoms. The highest BCUT2D eigenvalue weighted by molar-refractivity contribution is 6.35. The van der Waals surface area contributed by atoms with E-state index >= 15 is 0 Å². The zero-order valence-corrected chi connectivity index (χ0v) is 8.40. The average Bonchev–Trinajstić information content (AvgIpc) is 2.01. The van der Waals surface area contributed by atoms with E-state index in [4.69, 9.17) is 0 Å². The van der Waals surface area contributed by atoms with Crippen molar-refractivity contribution in [3.63, 3.8) is 0 Å². The van der Waals surface area contributed by atoms with Crippen LogP contribution in [0.15, 0.2) is 0 Å². The Morgan fingerprint density at radius 2 is 1.91 bits per heavy atom. The maximum atomic E-state index is 2.40. The Bertz CT molecular complexity index is 71.3. The Hall–Kier alpha value is 0.0649. The van der Waals surface area contributed by atoms with Gasteiger partial charge in [-0.2, -0.15) is 0 Å². The highest BCUT2D eigenvalue weighted by Crippen LogP contribution is 2.13. The lowest BCUT2D eigenvalue weighted by molar-refractivity contribution is 0.532. The van der Waals surface area contributed by atoms with Crippen LogP contribution in [0.3, 0.4) is 0 Å². The fourth-order valence-corrected chi connectivity index (χ4v) is 1.31. The van der Waals surface area contributed by atoms with Gasteiger partial charge in [-0.25, -0.2) is 0 Å². The molecule has 0 aromatic heterocycles. The summed E-state index contributed by atoms with van der Waals surface area (Å²) in [6, 6.07) is 0. The summed E-state index contributed by atoms with van der Waals surface area (Å²) in [5.74, 6) is 0.918. The summed E-state index contributed by atoms with van der Waals surface area (Å²) in [5, 5.41) is 0. The third-order valence-electron chi connectivity index (χ3n) is 2.16. The summed E-state index contributed by atoms with van der Waals surface area (Å²) in [7, 11) is 2.40. The molecule has 0 nitrogen and oxygen atoms in total. The minimum absolute atomic E-state index is 0.918. The number of unbranched alkanes of at least 4 members (excludes halogenated alkanes) is 2. The largest absolute Gasteiger partial charge is 0.109 e. The van der Waals surface area contributed by atoms with Crippen molar-refractivity contribution in [1.82, 2.24) is 0 Å². The van der Waals surface area contributed by atoms with Crippen LogP contribution in [0.1, 0.15) is 46.5 Å². The van der Waals surface area contributed by atoms with Gasteiger partial charge in [0.05, 0.1) is 0 Å². The van der Waals surface area contributed by atoms with Crippen LogP contribution in [-0.4, -0.2) is 7.28 Å². The van der Waals surface area contributed by atoms with Crippen molar-refractivity contribution in [2.45, 2.75) is 59.1 Å². The average molecular weight is 153 g/mol. The minimum Gasteiger partial charge on any atom is -0.0831 e. The Morgan fingerprint density at radius 1 is 1.18 bits per heavy atom. The summed E-state index contributed by atoms with van der Waals surface area (Å²) >= 11 is 0. The molecule has 0 aromatic rings. The van der Waals surface area contributed by atoms with Crippen LogP contribution < -0.4 is 0 Å². The first kappa shape index (κ1) is 11.1. The highest BCUT2D eigenvalue weighted by atomic mass is 14.0. The molecule has 0 aromatic carbocycles. The molecule has 0 saturated carbocycles. The van der Waals surface area contributed by atoms with Crippen molar-refractivity contribution in [3.05, 3.63) is 0 Å². The van der Waals surface area contributed by atoms with E-state index in [2.05, 4.69) is 28.1 Å². The lowest BCUT2D eigenvalue weighted by Gasteiger charge is -2.08. The fourth-order valence-electron chi connectivity index (χ4n) is 1.31. The molecule has 0 amide bonds. The summed E-state index contributed by atoms with van der Waals surface area (Å²) in [6.45, 7) is 6.85. The van der Waals surface area contributed by atoms with E-state index in [1.54, 1.807) is 0 Å². The van der Waals surface area contributed by atoms with Crippen LogP contribution in [0.4, 0.5) is 0 Å². The van der Waals surface area contributed by atoms with Gasteiger partial charge in [0, 0.05) is 0 Å². The van der Waals surface area contributed by atoms with Gasteiger partial charge >= 0.3 is 0 Å². The molecule has 0 N–H and O–H groups in total. The Kier molecular flexibility index (Phi) is 8.21. The van der Waals surface area contributed by atoms with E-state index in [1.807, 2.05) is 0 Å². The van der Waals surface area contributed by atoms with Gasteiger partial charge in [0.15, 0.2) is 0 Å². The van der Waals surface area contributed by atoms with Crippen molar-refractivity contribution in [1.29, 1.82) is 0 Å². The molecule has 11 heavy (non-hydrogen) atoms. The second-order valence-electron chi connectivity index (χ2n) is 3.53. The molecular weight excluding hydrogens is 131 g/mol. The Labute approximate surface area is 73.0 Å². The Balaban J connectivity index is 3.02. The summed E-state index contributed by atoms with van der Waals surface area (Å²) < 4.78 is 0. The van der Waals surface area contributed by atoms with Crippen molar-refractivity contribution in [3.8, 4) is 0 Å². The fraction of sp³-hybridized carbons (Fsp3) is 1.00. The van der Waals surface area contributed by atoms with E-state index in [1.165, 1.54) is 38.3 Å². The molecule has 1 heteroatoms. The van der Waals surface area contributed by atoms with Crippen LogP contribution in [0.5, 0.6) is 0 Å². The topological polar surface area (TPSA) is 0 Å². The molecule has 1 radical (unpaired) electrons. The second kappa shape index (κ2) is 8.16. The van der Waals surface area contributed by atoms with Crippen molar-refractivity contribution in [2.75, 3.05) is 0 Å². The molecule has 65 valence electrons. The lowest BCUT2D eigenvalue weighted by Crippen LogP contribution is -1.98. The van der Waals surface area contributed by atoms with E-state index in [-0.39, 0.29) is 0 Å². The monoisotopic (exact) mass is 153 g/mol. The van der Waals surface area contributed by atoms with Gasteiger partial charge < -0.3 is 0 Å². The number of rotatable bonds is 7. The smallest absolute Gasteiger partial charge is 0.0831 e. The summed E-state index contributed by atoms with van der Waals surface area (Å²) in [5.41, 5.74) is 0. The third kappa shape index (κ3) is 7.97. The predicted octanol–water partition coefficient (Wildman–Crippen LogP) is 3.76. The predicted molar refractivity (Wildman–Crippen MR) is 54.3 cm³/mol. The van der Waals surface area contributed by atoms with Gasteiger partial charge in [0.2, 0.25) is 0 Å². The SMILES string of the molecule is CC[B]CC(C)CCCCC. The van der Waals surface area contributed by atoms with Gasteiger partial charge in [0.1, 0.15) is 7.28 Å². The van der Waals surface area contributed by atoms with Crippen LogP contribution in [0.25, 0.3) is 0 Å².